The monoisotopic (exact) mass is 250 g/mol. The third kappa shape index (κ3) is 4.04. The summed E-state index contributed by atoms with van der Waals surface area (Å²) in [6.07, 6.45) is 0.883. The highest BCUT2D eigenvalue weighted by atomic mass is 16.5. The van der Waals surface area contributed by atoms with Crippen LogP contribution in [0.25, 0.3) is 0 Å². The van der Waals surface area contributed by atoms with E-state index >= 15 is 0 Å². The molecule has 1 rings (SSSR count). The number of nitrogens with one attached hydrogen (secondary N) is 1. The van der Waals surface area contributed by atoms with Gasteiger partial charge in [-0.2, -0.15) is 0 Å². The number of nitrogens with two attached hydrogens (primary N) is 1. The van der Waals surface area contributed by atoms with Crippen molar-refractivity contribution in [2.24, 2.45) is 11.7 Å². The van der Waals surface area contributed by atoms with Crippen LogP contribution in [-0.4, -0.2) is 18.6 Å². The fraction of sp³-hybridized carbons (Fsp3) is 0.500. The van der Waals surface area contributed by atoms with Crippen LogP contribution in [0.5, 0.6) is 5.75 Å². The Morgan fingerprint density at radius 2 is 2.17 bits per heavy atom. The molecule has 1 aromatic carbocycles. The Morgan fingerprint density at radius 3 is 2.78 bits per heavy atom. The average molecular weight is 250 g/mol. The van der Waals surface area contributed by atoms with Crippen LogP contribution in [0.2, 0.25) is 0 Å². The van der Waals surface area contributed by atoms with E-state index in [9.17, 15) is 4.79 Å². The van der Waals surface area contributed by atoms with Gasteiger partial charge in [0.05, 0.1) is 12.6 Å². The highest BCUT2D eigenvalue weighted by Gasteiger charge is 2.19. The lowest BCUT2D eigenvalue weighted by atomic mass is 9.99. The molecule has 1 aromatic rings. The first-order chi connectivity index (χ1) is 8.58. The van der Waals surface area contributed by atoms with Gasteiger partial charge in [0.15, 0.2) is 0 Å². The Labute approximate surface area is 109 Å². The van der Waals surface area contributed by atoms with Crippen molar-refractivity contribution in [1.82, 2.24) is 0 Å². The number of anilines is 1. The van der Waals surface area contributed by atoms with Crippen LogP contribution in [0.15, 0.2) is 24.3 Å². The van der Waals surface area contributed by atoms with Crippen LogP contribution in [0.4, 0.5) is 5.69 Å². The average Bonchev–Trinajstić information content (AvgIpc) is 2.37. The van der Waals surface area contributed by atoms with Crippen LogP contribution in [0.3, 0.4) is 0 Å². The van der Waals surface area contributed by atoms with E-state index in [-0.39, 0.29) is 11.8 Å². The molecule has 0 radical (unpaired) electrons. The van der Waals surface area contributed by atoms with Gasteiger partial charge in [-0.3, -0.25) is 4.79 Å². The topological polar surface area (TPSA) is 64.3 Å². The summed E-state index contributed by atoms with van der Waals surface area (Å²) in [7, 11) is 0. The van der Waals surface area contributed by atoms with Crippen molar-refractivity contribution in [2.75, 3.05) is 11.9 Å². The molecule has 4 nitrogen and oxygen atoms in total. The molecule has 4 heteroatoms. The highest BCUT2D eigenvalue weighted by Crippen LogP contribution is 2.18. The van der Waals surface area contributed by atoms with E-state index in [1.54, 1.807) is 6.07 Å². The van der Waals surface area contributed by atoms with Gasteiger partial charge < -0.3 is 15.8 Å². The summed E-state index contributed by atoms with van der Waals surface area (Å²) in [4.78, 5) is 11.9. The summed E-state index contributed by atoms with van der Waals surface area (Å²) in [5.74, 6) is 0.755. The first-order valence-electron chi connectivity index (χ1n) is 6.37. The number of hydrogen-bond donors (Lipinski definition) is 2. The maximum atomic E-state index is 11.9. The Balaban J connectivity index is 2.66. The lowest BCUT2D eigenvalue weighted by Gasteiger charge is -2.18. The standard InChI is InChI=1S/C14H22N2O2/c1-4-10(3)13(15)14(17)16-11-7-6-8-12(9-11)18-5-2/h6-10,13H,4-5,15H2,1-3H3,(H,16,17)/t10-,13-/m0/s1. The van der Waals surface area contributed by atoms with Gasteiger partial charge in [0.2, 0.25) is 5.91 Å². The number of benzene rings is 1. The van der Waals surface area contributed by atoms with E-state index in [2.05, 4.69) is 5.32 Å². The molecular weight excluding hydrogens is 228 g/mol. The van der Waals surface area contributed by atoms with Crippen molar-refractivity contribution in [2.45, 2.75) is 33.2 Å². The van der Waals surface area contributed by atoms with E-state index in [0.717, 1.165) is 12.2 Å². The first-order valence-corrected chi connectivity index (χ1v) is 6.37. The molecule has 0 aliphatic rings. The molecule has 0 saturated heterocycles. The maximum Gasteiger partial charge on any atom is 0.241 e. The van der Waals surface area contributed by atoms with Crippen molar-refractivity contribution in [3.05, 3.63) is 24.3 Å². The third-order valence-electron chi connectivity index (χ3n) is 2.97. The fourth-order valence-electron chi connectivity index (χ4n) is 1.57. The molecule has 0 fully saturated rings. The summed E-state index contributed by atoms with van der Waals surface area (Å²) in [5.41, 5.74) is 6.59. The van der Waals surface area contributed by atoms with Crippen molar-refractivity contribution < 1.29 is 9.53 Å². The molecule has 0 unspecified atom stereocenters. The van der Waals surface area contributed by atoms with Crippen molar-refractivity contribution in [3.8, 4) is 5.75 Å². The van der Waals surface area contributed by atoms with Crippen LogP contribution < -0.4 is 15.8 Å². The largest absolute Gasteiger partial charge is 0.494 e. The molecular formula is C14H22N2O2. The number of hydrogen-bond acceptors (Lipinski definition) is 3. The molecule has 0 bridgehead atoms. The van der Waals surface area contributed by atoms with Gasteiger partial charge in [-0.25, -0.2) is 0 Å². The number of carbonyl (C=O) groups excluding carboxylic acids is 1. The Bertz CT molecular complexity index is 393. The van der Waals surface area contributed by atoms with Gasteiger partial charge in [-0.1, -0.05) is 26.3 Å². The quantitative estimate of drug-likeness (QED) is 0.814. The second-order valence-electron chi connectivity index (χ2n) is 4.36. The number of ether oxygens (including phenoxy) is 1. The summed E-state index contributed by atoms with van der Waals surface area (Å²) >= 11 is 0. The molecule has 1 amide bonds. The predicted molar refractivity (Wildman–Crippen MR) is 73.7 cm³/mol. The predicted octanol–water partition coefficient (Wildman–Crippen LogP) is 2.40. The van der Waals surface area contributed by atoms with E-state index in [1.807, 2.05) is 39.0 Å². The minimum Gasteiger partial charge on any atom is -0.494 e. The Kier molecular flexibility index (Phi) is 5.65. The summed E-state index contributed by atoms with van der Waals surface area (Å²) < 4.78 is 5.37. The van der Waals surface area contributed by atoms with E-state index in [1.165, 1.54) is 0 Å². The van der Waals surface area contributed by atoms with Crippen molar-refractivity contribution in [1.29, 1.82) is 0 Å². The molecule has 18 heavy (non-hydrogen) atoms. The van der Waals surface area contributed by atoms with Gasteiger partial charge in [0, 0.05) is 11.8 Å². The lowest BCUT2D eigenvalue weighted by Crippen LogP contribution is -2.40. The van der Waals surface area contributed by atoms with Gasteiger partial charge in [0.1, 0.15) is 5.75 Å². The lowest BCUT2D eigenvalue weighted by molar-refractivity contribution is -0.118. The molecule has 0 saturated carbocycles. The molecule has 0 heterocycles. The van der Waals surface area contributed by atoms with Crippen LogP contribution in [0.1, 0.15) is 27.2 Å². The number of carbonyl (C=O) groups is 1. The molecule has 0 aliphatic heterocycles. The van der Waals surface area contributed by atoms with Gasteiger partial charge in [-0.15, -0.1) is 0 Å². The first kappa shape index (κ1) is 14.5. The molecule has 100 valence electrons. The molecule has 2 atom stereocenters. The van der Waals surface area contributed by atoms with Crippen molar-refractivity contribution >= 4 is 11.6 Å². The van der Waals surface area contributed by atoms with Crippen LogP contribution in [0, 0.1) is 5.92 Å². The van der Waals surface area contributed by atoms with E-state index < -0.39 is 6.04 Å². The smallest absolute Gasteiger partial charge is 0.241 e. The highest BCUT2D eigenvalue weighted by molar-refractivity contribution is 5.95. The zero-order chi connectivity index (χ0) is 13.5. The second-order valence-corrected chi connectivity index (χ2v) is 4.36. The molecule has 3 N–H and O–H groups in total. The zero-order valence-corrected chi connectivity index (χ0v) is 11.3. The normalized spacial score (nSPS) is 13.8. The van der Waals surface area contributed by atoms with Gasteiger partial charge in [-0.05, 0) is 25.0 Å². The summed E-state index contributed by atoms with van der Waals surface area (Å²) in [5, 5.41) is 2.81. The van der Waals surface area contributed by atoms with Gasteiger partial charge >= 0.3 is 0 Å². The minimum absolute atomic E-state index is 0.155. The third-order valence-corrected chi connectivity index (χ3v) is 2.97. The zero-order valence-electron chi connectivity index (χ0n) is 11.3. The maximum absolute atomic E-state index is 11.9. The molecule has 0 aromatic heterocycles. The van der Waals surface area contributed by atoms with E-state index in [0.29, 0.717) is 12.3 Å². The summed E-state index contributed by atoms with van der Waals surface area (Å²) in [6, 6.07) is 6.84. The number of amides is 1. The summed E-state index contributed by atoms with van der Waals surface area (Å²) in [6.45, 7) is 6.52. The SMILES string of the molecule is CCOc1cccc(NC(=O)[C@@H](N)[C@@H](C)CC)c1. The van der Waals surface area contributed by atoms with E-state index in [4.69, 9.17) is 10.5 Å². The molecule has 0 aliphatic carbocycles. The fourth-order valence-corrected chi connectivity index (χ4v) is 1.57. The minimum atomic E-state index is -0.481. The van der Waals surface area contributed by atoms with Crippen LogP contribution >= 0.6 is 0 Å². The number of rotatable bonds is 6. The molecule has 0 spiro atoms. The Hall–Kier alpha value is -1.55. The Morgan fingerprint density at radius 1 is 1.44 bits per heavy atom. The van der Waals surface area contributed by atoms with Crippen LogP contribution in [-0.2, 0) is 4.79 Å². The van der Waals surface area contributed by atoms with Gasteiger partial charge in [0.25, 0.3) is 0 Å². The second kappa shape index (κ2) is 7.01. The van der Waals surface area contributed by atoms with Crippen molar-refractivity contribution in [3.63, 3.8) is 0 Å².